The average molecular weight is 346 g/mol. The van der Waals surface area contributed by atoms with Gasteiger partial charge in [-0.1, -0.05) is 17.8 Å². The Bertz CT molecular complexity index is 795. The van der Waals surface area contributed by atoms with Crippen molar-refractivity contribution in [3.8, 4) is 17.2 Å². The fourth-order valence-corrected chi connectivity index (χ4v) is 2.71. The Morgan fingerprint density at radius 1 is 1.12 bits per heavy atom. The number of aromatic nitrogens is 4. The summed E-state index contributed by atoms with van der Waals surface area (Å²) in [6.45, 7) is 0.420. The molecular weight excluding hydrogens is 331 g/mol. The molecule has 0 bridgehead atoms. The molecule has 0 aliphatic carbocycles. The van der Waals surface area contributed by atoms with Crippen molar-refractivity contribution >= 4 is 11.8 Å². The molecule has 3 aromatic rings. The van der Waals surface area contributed by atoms with E-state index in [1.807, 2.05) is 24.3 Å². The number of rotatable bonds is 7. The van der Waals surface area contributed by atoms with E-state index in [2.05, 4.69) is 15.5 Å². The minimum atomic E-state index is -0.316. The molecule has 0 unspecified atom stereocenters. The Morgan fingerprint density at radius 2 is 1.96 bits per heavy atom. The Labute approximate surface area is 142 Å². The summed E-state index contributed by atoms with van der Waals surface area (Å²) in [5, 5.41) is 12.4. The van der Waals surface area contributed by atoms with Gasteiger partial charge in [0.15, 0.2) is 0 Å². The molecule has 3 rings (SSSR count). The summed E-state index contributed by atoms with van der Waals surface area (Å²) < 4.78 is 25.4. The molecule has 124 valence electrons. The molecule has 0 saturated heterocycles. The SMILES string of the molecule is COc1ccc(-n2nnnc2SCCOc2cccc(F)c2)cc1. The van der Waals surface area contributed by atoms with Crippen molar-refractivity contribution < 1.29 is 13.9 Å². The van der Waals surface area contributed by atoms with Gasteiger partial charge in [-0.25, -0.2) is 4.39 Å². The standard InChI is InChI=1S/C16H15FN4O2S/c1-22-14-7-5-13(6-8-14)21-16(18-19-20-21)24-10-9-23-15-4-2-3-12(17)11-15/h2-8,11H,9-10H2,1H3. The third-order valence-electron chi connectivity index (χ3n) is 3.14. The van der Waals surface area contributed by atoms with Gasteiger partial charge in [-0.2, -0.15) is 4.68 Å². The van der Waals surface area contributed by atoms with Gasteiger partial charge < -0.3 is 9.47 Å². The molecule has 0 radical (unpaired) electrons. The fourth-order valence-electron chi connectivity index (χ4n) is 2.00. The summed E-state index contributed by atoms with van der Waals surface area (Å²) in [5.74, 6) is 1.59. The molecule has 0 fully saturated rings. The predicted octanol–water partition coefficient (Wildman–Crippen LogP) is 2.98. The van der Waals surface area contributed by atoms with Crippen molar-refractivity contribution in [3.63, 3.8) is 0 Å². The lowest BCUT2D eigenvalue weighted by molar-refractivity contribution is 0.342. The molecule has 8 heteroatoms. The summed E-state index contributed by atoms with van der Waals surface area (Å²) in [7, 11) is 1.62. The first-order valence-corrected chi connectivity index (χ1v) is 8.19. The maximum absolute atomic E-state index is 13.1. The summed E-state index contributed by atoms with van der Waals surface area (Å²) in [4.78, 5) is 0. The summed E-state index contributed by atoms with van der Waals surface area (Å²) in [6.07, 6.45) is 0. The van der Waals surface area contributed by atoms with Gasteiger partial charge in [0.2, 0.25) is 5.16 Å². The Kier molecular flexibility index (Phi) is 5.27. The number of halogens is 1. The van der Waals surface area contributed by atoms with Crippen molar-refractivity contribution in [2.24, 2.45) is 0 Å². The maximum atomic E-state index is 13.1. The Hall–Kier alpha value is -2.61. The second-order valence-electron chi connectivity index (χ2n) is 4.73. The lowest BCUT2D eigenvalue weighted by Crippen LogP contribution is -2.03. The lowest BCUT2D eigenvalue weighted by atomic mass is 10.3. The normalized spacial score (nSPS) is 10.6. The number of thioether (sulfide) groups is 1. The zero-order valence-corrected chi connectivity index (χ0v) is 13.7. The Morgan fingerprint density at radius 3 is 2.71 bits per heavy atom. The third kappa shape index (κ3) is 4.02. The van der Waals surface area contributed by atoms with Crippen LogP contribution in [-0.4, -0.2) is 39.7 Å². The molecule has 6 nitrogen and oxygen atoms in total. The van der Waals surface area contributed by atoms with Crippen molar-refractivity contribution in [2.75, 3.05) is 19.5 Å². The molecule has 1 aromatic heterocycles. The fraction of sp³-hybridized carbons (Fsp3) is 0.188. The van der Waals surface area contributed by atoms with Crippen LogP contribution in [0.15, 0.2) is 53.7 Å². The van der Waals surface area contributed by atoms with Gasteiger partial charge in [0.1, 0.15) is 17.3 Å². The topological polar surface area (TPSA) is 62.1 Å². The smallest absolute Gasteiger partial charge is 0.214 e. The summed E-state index contributed by atoms with van der Waals surface area (Å²) >= 11 is 1.46. The van der Waals surface area contributed by atoms with Crippen molar-refractivity contribution in [2.45, 2.75) is 5.16 Å². The molecule has 0 N–H and O–H groups in total. The van der Waals surface area contributed by atoms with Crippen LogP contribution in [0.5, 0.6) is 11.5 Å². The van der Waals surface area contributed by atoms with E-state index in [4.69, 9.17) is 9.47 Å². The van der Waals surface area contributed by atoms with Gasteiger partial charge in [0, 0.05) is 11.8 Å². The summed E-state index contributed by atoms with van der Waals surface area (Å²) in [6, 6.07) is 13.5. The average Bonchev–Trinajstić information content (AvgIpc) is 3.07. The van der Waals surface area contributed by atoms with Gasteiger partial charge in [-0.05, 0) is 46.8 Å². The zero-order valence-electron chi connectivity index (χ0n) is 12.9. The van der Waals surface area contributed by atoms with E-state index in [9.17, 15) is 4.39 Å². The number of benzene rings is 2. The van der Waals surface area contributed by atoms with Crippen molar-refractivity contribution in [3.05, 3.63) is 54.3 Å². The van der Waals surface area contributed by atoms with Crippen molar-refractivity contribution in [1.82, 2.24) is 20.2 Å². The zero-order chi connectivity index (χ0) is 16.8. The first-order chi connectivity index (χ1) is 11.8. The van der Waals surface area contributed by atoms with Crippen LogP contribution in [0.2, 0.25) is 0 Å². The van der Waals surface area contributed by atoms with Crippen LogP contribution in [-0.2, 0) is 0 Å². The lowest BCUT2D eigenvalue weighted by Gasteiger charge is -2.07. The Balaban J connectivity index is 1.57. The van der Waals surface area contributed by atoms with E-state index < -0.39 is 0 Å². The number of hydrogen-bond acceptors (Lipinski definition) is 6. The van der Waals surface area contributed by atoms with Gasteiger partial charge in [-0.15, -0.1) is 5.10 Å². The van der Waals surface area contributed by atoms with E-state index in [-0.39, 0.29) is 5.82 Å². The highest BCUT2D eigenvalue weighted by Crippen LogP contribution is 2.20. The molecule has 24 heavy (non-hydrogen) atoms. The minimum absolute atomic E-state index is 0.316. The molecule has 1 heterocycles. The number of ether oxygens (including phenoxy) is 2. The van der Waals surface area contributed by atoms with Crippen LogP contribution in [0.4, 0.5) is 4.39 Å². The van der Waals surface area contributed by atoms with Crippen LogP contribution >= 0.6 is 11.8 Å². The first kappa shape index (κ1) is 16.3. The second kappa shape index (κ2) is 7.78. The molecule has 0 amide bonds. The maximum Gasteiger partial charge on any atom is 0.214 e. The highest BCUT2D eigenvalue weighted by Gasteiger charge is 2.09. The third-order valence-corrected chi connectivity index (χ3v) is 4.02. The van der Waals surface area contributed by atoms with Crippen LogP contribution in [0.3, 0.4) is 0 Å². The molecule has 0 atom stereocenters. The monoisotopic (exact) mass is 346 g/mol. The molecular formula is C16H15FN4O2S. The van der Waals surface area contributed by atoms with E-state index >= 15 is 0 Å². The van der Waals surface area contributed by atoms with Crippen LogP contribution in [0.1, 0.15) is 0 Å². The van der Waals surface area contributed by atoms with E-state index in [1.165, 1.54) is 23.9 Å². The van der Waals surface area contributed by atoms with Gasteiger partial charge in [0.05, 0.1) is 19.4 Å². The quantitative estimate of drug-likeness (QED) is 0.484. The van der Waals surface area contributed by atoms with Crippen molar-refractivity contribution in [1.29, 1.82) is 0 Å². The second-order valence-corrected chi connectivity index (χ2v) is 5.79. The summed E-state index contributed by atoms with van der Waals surface area (Å²) in [5.41, 5.74) is 0.842. The number of nitrogens with zero attached hydrogens (tertiary/aromatic N) is 4. The van der Waals surface area contributed by atoms with Crippen LogP contribution in [0.25, 0.3) is 5.69 Å². The van der Waals surface area contributed by atoms with Crippen LogP contribution in [0, 0.1) is 5.82 Å². The predicted molar refractivity (Wildman–Crippen MR) is 88.3 cm³/mol. The number of hydrogen-bond donors (Lipinski definition) is 0. The molecule has 0 aliphatic heterocycles. The van der Waals surface area contributed by atoms with Crippen LogP contribution < -0.4 is 9.47 Å². The largest absolute Gasteiger partial charge is 0.497 e. The van der Waals surface area contributed by atoms with E-state index in [0.29, 0.717) is 23.3 Å². The van der Waals surface area contributed by atoms with E-state index in [0.717, 1.165) is 11.4 Å². The molecule has 0 aliphatic rings. The van der Waals surface area contributed by atoms with Gasteiger partial charge in [0.25, 0.3) is 0 Å². The van der Waals surface area contributed by atoms with Gasteiger partial charge in [-0.3, -0.25) is 0 Å². The first-order valence-electron chi connectivity index (χ1n) is 7.20. The van der Waals surface area contributed by atoms with Gasteiger partial charge >= 0.3 is 0 Å². The minimum Gasteiger partial charge on any atom is -0.497 e. The molecule has 2 aromatic carbocycles. The number of methoxy groups -OCH3 is 1. The highest BCUT2D eigenvalue weighted by atomic mass is 32.2. The molecule has 0 saturated carbocycles. The highest BCUT2D eigenvalue weighted by molar-refractivity contribution is 7.99. The van der Waals surface area contributed by atoms with E-state index in [1.54, 1.807) is 23.9 Å². The molecule has 0 spiro atoms. The number of tetrazole rings is 1.